The highest BCUT2D eigenvalue weighted by atomic mass is 16.5. The molecule has 0 spiro atoms. The first-order chi connectivity index (χ1) is 7.76. The van der Waals surface area contributed by atoms with Crippen molar-refractivity contribution in [3.05, 3.63) is 23.9 Å². The third-order valence-electron chi connectivity index (χ3n) is 2.02. The van der Waals surface area contributed by atoms with Crippen LogP contribution in [0.25, 0.3) is 0 Å². The molecule has 0 amide bonds. The maximum absolute atomic E-state index is 5.64. The van der Waals surface area contributed by atoms with Crippen LogP contribution in [0.15, 0.2) is 18.2 Å². The number of ether oxygens (including phenoxy) is 2. The maximum Gasteiger partial charge on any atom is 0.213 e. The van der Waals surface area contributed by atoms with Crippen LogP contribution in [0.3, 0.4) is 0 Å². The Hall–Kier alpha value is -1.13. The number of hydrogen-bond donors (Lipinski definition) is 1. The highest BCUT2D eigenvalue weighted by molar-refractivity contribution is 5.15. The highest BCUT2D eigenvalue weighted by Gasteiger charge is 2.05. The molecule has 1 atom stereocenters. The number of rotatable bonds is 7. The molecule has 0 aromatic carbocycles. The summed E-state index contributed by atoms with van der Waals surface area (Å²) in [4.78, 5) is 4.37. The van der Waals surface area contributed by atoms with Crippen LogP contribution in [0, 0.1) is 0 Å². The van der Waals surface area contributed by atoms with Crippen molar-refractivity contribution in [2.75, 3.05) is 20.3 Å². The van der Waals surface area contributed by atoms with Crippen molar-refractivity contribution in [3.8, 4) is 5.88 Å². The molecule has 1 unspecified atom stereocenters. The van der Waals surface area contributed by atoms with Crippen molar-refractivity contribution >= 4 is 0 Å². The Morgan fingerprint density at radius 1 is 1.44 bits per heavy atom. The Morgan fingerprint density at radius 2 is 2.25 bits per heavy atom. The zero-order valence-corrected chi connectivity index (χ0v) is 10.2. The maximum atomic E-state index is 5.64. The molecule has 1 rings (SSSR count). The Bertz CT molecular complexity index is 305. The molecule has 16 heavy (non-hydrogen) atoms. The van der Waals surface area contributed by atoms with E-state index in [1.165, 1.54) is 0 Å². The van der Waals surface area contributed by atoms with Crippen molar-refractivity contribution < 1.29 is 9.47 Å². The van der Waals surface area contributed by atoms with Crippen LogP contribution in [0.5, 0.6) is 5.88 Å². The van der Waals surface area contributed by atoms with Crippen LogP contribution in [-0.2, 0) is 11.3 Å². The van der Waals surface area contributed by atoms with Crippen LogP contribution in [0.2, 0.25) is 0 Å². The minimum atomic E-state index is 0.0253. The zero-order chi connectivity index (χ0) is 11.8. The van der Waals surface area contributed by atoms with Gasteiger partial charge in [-0.05, 0) is 27.0 Å². The number of aromatic nitrogens is 1. The monoisotopic (exact) mass is 224 g/mol. The van der Waals surface area contributed by atoms with Crippen LogP contribution < -0.4 is 10.1 Å². The third-order valence-corrected chi connectivity index (χ3v) is 2.02. The van der Waals surface area contributed by atoms with E-state index in [4.69, 9.17) is 9.47 Å². The summed E-state index contributed by atoms with van der Waals surface area (Å²) in [6, 6.07) is 5.78. The van der Waals surface area contributed by atoms with Crippen LogP contribution in [0.4, 0.5) is 0 Å². The first kappa shape index (κ1) is 12.9. The molecule has 0 saturated heterocycles. The van der Waals surface area contributed by atoms with E-state index in [1.54, 1.807) is 0 Å². The summed E-state index contributed by atoms with van der Waals surface area (Å²) in [5.41, 5.74) is 0.976. The van der Waals surface area contributed by atoms with E-state index in [0.29, 0.717) is 19.1 Å². The van der Waals surface area contributed by atoms with Crippen molar-refractivity contribution in [3.63, 3.8) is 0 Å². The number of nitrogens with zero attached hydrogens (tertiary/aromatic N) is 1. The average Bonchev–Trinajstić information content (AvgIpc) is 2.27. The SMILES string of the molecule is CCOCC(C)Oc1cccc(CNC)n1. The van der Waals surface area contributed by atoms with Crippen molar-refractivity contribution in [1.29, 1.82) is 0 Å². The predicted octanol–water partition coefficient (Wildman–Crippen LogP) is 1.60. The van der Waals surface area contributed by atoms with Gasteiger partial charge in [-0.2, -0.15) is 0 Å². The predicted molar refractivity (Wildman–Crippen MR) is 63.6 cm³/mol. The van der Waals surface area contributed by atoms with Crippen LogP contribution in [-0.4, -0.2) is 31.3 Å². The summed E-state index contributed by atoms with van der Waals surface area (Å²) < 4.78 is 10.9. The first-order valence-corrected chi connectivity index (χ1v) is 5.61. The number of pyridine rings is 1. The lowest BCUT2D eigenvalue weighted by atomic mass is 10.3. The van der Waals surface area contributed by atoms with E-state index in [9.17, 15) is 0 Å². The smallest absolute Gasteiger partial charge is 0.213 e. The van der Waals surface area contributed by atoms with E-state index in [-0.39, 0.29) is 6.10 Å². The second kappa shape index (κ2) is 7.19. The number of hydrogen-bond acceptors (Lipinski definition) is 4. The topological polar surface area (TPSA) is 43.4 Å². The molecule has 0 aliphatic rings. The van der Waals surface area contributed by atoms with E-state index < -0.39 is 0 Å². The molecule has 4 heteroatoms. The van der Waals surface area contributed by atoms with Gasteiger partial charge in [-0.25, -0.2) is 4.98 Å². The van der Waals surface area contributed by atoms with Gasteiger partial charge in [-0.1, -0.05) is 6.07 Å². The van der Waals surface area contributed by atoms with E-state index in [0.717, 1.165) is 12.2 Å². The molecule has 0 aliphatic heterocycles. The molecular weight excluding hydrogens is 204 g/mol. The molecule has 1 aromatic heterocycles. The van der Waals surface area contributed by atoms with Gasteiger partial charge in [0.15, 0.2) is 0 Å². The molecule has 0 fully saturated rings. The number of nitrogens with one attached hydrogen (secondary N) is 1. The Morgan fingerprint density at radius 3 is 2.94 bits per heavy atom. The lowest BCUT2D eigenvalue weighted by Crippen LogP contribution is -2.20. The Kier molecular flexibility index (Phi) is 5.82. The summed E-state index contributed by atoms with van der Waals surface area (Å²) in [7, 11) is 1.90. The molecule has 0 aliphatic carbocycles. The average molecular weight is 224 g/mol. The van der Waals surface area contributed by atoms with Crippen molar-refractivity contribution in [2.24, 2.45) is 0 Å². The minimum absolute atomic E-state index is 0.0253. The van der Waals surface area contributed by atoms with Crippen molar-refractivity contribution in [2.45, 2.75) is 26.5 Å². The molecule has 0 radical (unpaired) electrons. The fraction of sp³-hybridized carbons (Fsp3) is 0.583. The van der Waals surface area contributed by atoms with Crippen LogP contribution >= 0.6 is 0 Å². The first-order valence-electron chi connectivity index (χ1n) is 5.61. The third kappa shape index (κ3) is 4.59. The highest BCUT2D eigenvalue weighted by Crippen LogP contribution is 2.09. The van der Waals surface area contributed by atoms with Gasteiger partial charge in [0.25, 0.3) is 0 Å². The summed E-state index contributed by atoms with van der Waals surface area (Å²) in [6.45, 7) is 5.99. The summed E-state index contributed by atoms with van der Waals surface area (Å²) >= 11 is 0. The molecule has 0 bridgehead atoms. The van der Waals surface area contributed by atoms with Gasteiger partial charge in [0.1, 0.15) is 6.10 Å². The van der Waals surface area contributed by atoms with Gasteiger partial charge in [-0.15, -0.1) is 0 Å². The molecular formula is C12H20N2O2. The standard InChI is InChI=1S/C12H20N2O2/c1-4-15-9-10(2)16-12-7-5-6-11(14-12)8-13-3/h5-7,10,13H,4,8-9H2,1-3H3. The fourth-order valence-corrected chi connectivity index (χ4v) is 1.33. The van der Waals surface area contributed by atoms with Gasteiger partial charge < -0.3 is 14.8 Å². The van der Waals surface area contributed by atoms with Crippen molar-refractivity contribution in [1.82, 2.24) is 10.3 Å². The van der Waals surface area contributed by atoms with Gasteiger partial charge in [0.2, 0.25) is 5.88 Å². The second-order valence-electron chi connectivity index (χ2n) is 3.59. The molecule has 0 saturated carbocycles. The summed E-state index contributed by atoms with van der Waals surface area (Å²) in [5, 5.41) is 3.06. The summed E-state index contributed by atoms with van der Waals surface area (Å²) in [6.07, 6.45) is 0.0253. The molecule has 1 heterocycles. The molecule has 1 aromatic rings. The van der Waals surface area contributed by atoms with Crippen LogP contribution in [0.1, 0.15) is 19.5 Å². The lowest BCUT2D eigenvalue weighted by Gasteiger charge is -2.14. The van der Waals surface area contributed by atoms with Gasteiger partial charge in [-0.3, -0.25) is 0 Å². The second-order valence-corrected chi connectivity index (χ2v) is 3.59. The molecule has 4 nitrogen and oxygen atoms in total. The summed E-state index contributed by atoms with van der Waals surface area (Å²) in [5.74, 6) is 0.653. The van der Waals surface area contributed by atoms with E-state index >= 15 is 0 Å². The Balaban J connectivity index is 2.49. The Labute approximate surface area is 97.0 Å². The fourth-order valence-electron chi connectivity index (χ4n) is 1.33. The normalized spacial score (nSPS) is 12.4. The van der Waals surface area contributed by atoms with Gasteiger partial charge in [0.05, 0.1) is 12.3 Å². The largest absolute Gasteiger partial charge is 0.472 e. The molecule has 1 N–H and O–H groups in total. The minimum Gasteiger partial charge on any atom is -0.472 e. The van der Waals surface area contributed by atoms with E-state index in [1.807, 2.05) is 39.1 Å². The zero-order valence-electron chi connectivity index (χ0n) is 10.2. The molecule has 90 valence electrons. The van der Waals surface area contributed by atoms with Gasteiger partial charge >= 0.3 is 0 Å². The van der Waals surface area contributed by atoms with E-state index in [2.05, 4.69) is 10.3 Å². The van der Waals surface area contributed by atoms with Gasteiger partial charge in [0, 0.05) is 19.2 Å². The lowest BCUT2D eigenvalue weighted by molar-refractivity contribution is 0.0632. The quantitative estimate of drug-likeness (QED) is 0.764.